The number of imidazole rings is 1. The second-order valence-electron chi connectivity index (χ2n) is 4.88. The van der Waals surface area contributed by atoms with Gasteiger partial charge in [0, 0.05) is 0 Å². The van der Waals surface area contributed by atoms with Crippen LogP contribution in [-0.4, -0.2) is 9.97 Å². The first-order valence-electron chi connectivity index (χ1n) is 5.75. The summed E-state index contributed by atoms with van der Waals surface area (Å²) in [6.07, 6.45) is 0. The normalized spacial score (nSPS) is 11.9. The average Bonchev–Trinajstić information content (AvgIpc) is 2.55. The summed E-state index contributed by atoms with van der Waals surface area (Å²) in [5.74, 6) is 0.882. The van der Waals surface area contributed by atoms with E-state index in [1.807, 2.05) is 6.07 Å². The van der Waals surface area contributed by atoms with Gasteiger partial charge in [0.05, 0.1) is 11.0 Å². The van der Waals surface area contributed by atoms with Crippen LogP contribution in [0.1, 0.15) is 50.7 Å². The van der Waals surface area contributed by atoms with Crippen LogP contribution >= 0.6 is 0 Å². The summed E-state index contributed by atoms with van der Waals surface area (Å²) in [7, 11) is 0. The average molecular weight is 218 g/mol. The Morgan fingerprint density at radius 1 is 1.00 bits per heavy atom. The van der Waals surface area contributed by atoms with E-state index in [1.54, 1.807) is 0 Å². The zero-order valence-corrected chi connectivity index (χ0v) is 10.2. The van der Waals surface area contributed by atoms with E-state index in [1.165, 1.54) is 11.1 Å². The maximum atomic E-state index is 11.3. The van der Waals surface area contributed by atoms with Crippen molar-refractivity contribution in [2.75, 3.05) is 0 Å². The number of hydrogen-bond acceptors (Lipinski definition) is 1. The van der Waals surface area contributed by atoms with Gasteiger partial charge in [-0.05, 0) is 29.0 Å². The highest BCUT2D eigenvalue weighted by molar-refractivity contribution is 5.80. The van der Waals surface area contributed by atoms with Gasteiger partial charge in [0.15, 0.2) is 0 Å². The van der Waals surface area contributed by atoms with E-state index >= 15 is 0 Å². The molecule has 1 aromatic carbocycles. The summed E-state index contributed by atoms with van der Waals surface area (Å²) < 4.78 is 0. The second kappa shape index (κ2) is 3.81. The van der Waals surface area contributed by atoms with E-state index in [2.05, 4.69) is 43.7 Å². The number of aromatic nitrogens is 2. The highest BCUT2D eigenvalue weighted by Crippen LogP contribution is 2.30. The van der Waals surface area contributed by atoms with Crippen LogP contribution < -0.4 is 5.69 Å². The highest BCUT2D eigenvalue weighted by atomic mass is 16.1. The van der Waals surface area contributed by atoms with Crippen molar-refractivity contribution in [1.29, 1.82) is 0 Å². The molecule has 0 aliphatic carbocycles. The van der Waals surface area contributed by atoms with Crippen molar-refractivity contribution in [3.8, 4) is 0 Å². The molecule has 0 atom stereocenters. The van der Waals surface area contributed by atoms with Gasteiger partial charge in [-0.2, -0.15) is 0 Å². The first kappa shape index (κ1) is 11.0. The Morgan fingerprint density at radius 2 is 1.69 bits per heavy atom. The van der Waals surface area contributed by atoms with Gasteiger partial charge in [0.1, 0.15) is 0 Å². The van der Waals surface area contributed by atoms with Gasteiger partial charge in [-0.1, -0.05) is 33.8 Å². The molecule has 1 aromatic heterocycles. The van der Waals surface area contributed by atoms with E-state index in [0.29, 0.717) is 11.8 Å². The molecule has 0 aliphatic rings. The fraction of sp³-hybridized carbons (Fsp3) is 0.462. The Bertz CT molecular complexity index is 561. The maximum Gasteiger partial charge on any atom is 0.323 e. The number of H-pyrrole nitrogens is 2. The Labute approximate surface area is 94.9 Å². The fourth-order valence-electron chi connectivity index (χ4n) is 2.27. The standard InChI is InChI=1S/C13H18N2O/c1-7(2)9-5-6-10-12(11(9)8(3)4)15-13(16)14-10/h5-8H,1-4H3,(H2,14,15,16). The lowest BCUT2D eigenvalue weighted by molar-refractivity contribution is 0.796. The van der Waals surface area contributed by atoms with Crippen LogP contribution in [0.2, 0.25) is 0 Å². The van der Waals surface area contributed by atoms with Crippen LogP contribution in [0.4, 0.5) is 0 Å². The number of benzene rings is 1. The summed E-state index contributed by atoms with van der Waals surface area (Å²) >= 11 is 0. The quantitative estimate of drug-likeness (QED) is 0.799. The van der Waals surface area contributed by atoms with Gasteiger partial charge in [-0.3, -0.25) is 0 Å². The Kier molecular flexibility index (Phi) is 2.62. The molecule has 2 N–H and O–H groups in total. The van der Waals surface area contributed by atoms with Crippen molar-refractivity contribution in [3.63, 3.8) is 0 Å². The molecule has 0 aliphatic heterocycles. The van der Waals surface area contributed by atoms with Crippen molar-refractivity contribution in [2.24, 2.45) is 0 Å². The molecular formula is C13H18N2O. The third kappa shape index (κ3) is 1.66. The van der Waals surface area contributed by atoms with E-state index in [4.69, 9.17) is 0 Å². The number of rotatable bonds is 2. The molecule has 0 amide bonds. The third-order valence-corrected chi connectivity index (χ3v) is 2.97. The minimum atomic E-state index is -0.127. The molecule has 0 saturated carbocycles. The van der Waals surface area contributed by atoms with E-state index in [9.17, 15) is 4.79 Å². The predicted octanol–water partition coefficient (Wildman–Crippen LogP) is 3.10. The molecule has 0 fully saturated rings. The molecule has 1 heterocycles. The summed E-state index contributed by atoms with van der Waals surface area (Å²) in [4.78, 5) is 17.0. The van der Waals surface area contributed by atoms with E-state index in [-0.39, 0.29) is 5.69 Å². The van der Waals surface area contributed by atoms with Gasteiger partial charge >= 0.3 is 5.69 Å². The van der Waals surface area contributed by atoms with Crippen LogP contribution in [0.25, 0.3) is 11.0 Å². The number of nitrogens with one attached hydrogen (secondary N) is 2. The lowest BCUT2D eigenvalue weighted by Gasteiger charge is -2.16. The monoisotopic (exact) mass is 218 g/mol. The van der Waals surface area contributed by atoms with Crippen LogP contribution in [0.3, 0.4) is 0 Å². The van der Waals surface area contributed by atoms with Crippen molar-refractivity contribution >= 4 is 11.0 Å². The molecule has 3 heteroatoms. The molecule has 16 heavy (non-hydrogen) atoms. The first-order valence-corrected chi connectivity index (χ1v) is 5.75. The van der Waals surface area contributed by atoms with Crippen molar-refractivity contribution < 1.29 is 0 Å². The lowest BCUT2D eigenvalue weighted by atomic mass is 9.89. The lowest BCUT2D eigenvalue weighted by Crippen LogP contribution is -2.01. The van der Waals surface area contributed by atoms with Crippen molar-refractivity contribution in [1.82, 2.24) is 9.97 Å². The first-order chi connectivity index (χ1) is 7.50. The molecule has 0 saturated heterocycles. The van der Waals surface area contributed by atoms with Gasteiger partial charge < -0.3 is 9.97 Å². The topological polar surface area (TPSA) is 48.6 Å². The fourth-order valence-corrected chi connectivity index (χ4v) is 2.27. The number of aromatic amines is 2. The zero-order valence-electron chi connectivity index (χ0n) is 10.2. The Morgan fingerprint density at radius 3 is 2.25 bits per heavy atom. The smallest absolute Gasteiger partial charge is 0.306 e. The Balaban J connectivity index is 2.83. The van der Waals surface area contributed by atoms with Crippen LogP contribution in [0, 0.1) is 0 Å². The van der Waals surface area contributed by atoms with Gasteiger partial charge in [0.2, 0.25) is 0 Å². The van der Waals surface area contributed by atoms with Gasteiger partial charge in [-0.15, -0.1) is 0 Å². The summed E-state index contributed by atoms with van der Waals surface area (Å²) in [6.45, 7) is 8.67. The largest absolute Gasteiger partial charge is 0.323 e. The summed E-state index contributed by atoms with van der Waals surface area (Å²) in [6, 6.07) is 4.10. The van der Waals surface area contributed by atoms with Crippen molar-refractivity contribution in [3.05, 3.63) is 33.7 Å². The van der Waals surface area contributed by atoms with Crippen LogP contribution in [0.5, 0.6) is 0 Å². The molecule has 0 radical (unpaired) electrons. The molecule has 2 rings (SSSR count). The second-order valence-corrected chi connectivity index (χ2v) is 4.88. The van der Waals surface area contributed by atoms with Gasteiger partial charge in [0.25, 0.3) is 0 Å². The predicted molar refractivity (Wildman–Crippen MR) is 67.1 cm³/mol. The highest BCUT2D eigenvalue weighted by Gasteiger charge is 2.15. The third-order valence-electron chi connectivity index (χ3n) is 2.97. The zero-order chi connectivity index (χ0) is 11.9. The molecule has 86 valence electrons. The molecule has 0 bridgehead atoms. The molecule has 0 spiro atoms. The molecule has 0 unspecified atom stereocenters. The maximum absolute atomic E-state index is 11.3. The van der Waals surface area contributed by atoms with Crippen molar-refractivity contribution in [2.45, 2.75) is 39.5 Å². The number of fused-ring (bicyclic) bond motifs is 1. The van der Waals surface area contributed by atoms with Gasteiger partial charge in [-0.25, -0.2) is 4.79 Å². The summed E-state index contributed by atoms with van der Waals surface area (Å²) in [5, 5.41) is 0. The minimum absolute atomic E-state index is 0.127. The number of hydrogen-bond donors (Lipinski definition) is 2. The van der Waals surface area contributed by atoms with Crippen LogP contribution in [-0.2, 0) is 0 Å². The SMILES string of the molecule is CC(C)c1ccc2[nH]c(=O)[nH]c2c1C(C)C. The minimum Gasteiger partial charge on any atom is -0.306 e. The van der Waals surface area contributed by atoms with E-state index < -0.39 is 0 Å². The van der Waals surface area contributed by atoms with E-state index in [0.717, 1.165) is 11.0 Å². The molecule has 2 aromatic rings. The molecular weight excluding hydrogens is 200 g/mol. The summed E-state index contributed by atoms with van der Waals surface area (Å²) in [5.41, 5.74) is 4.31. The molecule has 3 nitrogen and oxygen atoms in total. The Hall–Kier alpha value is -1.51. The van der Waals surface area contributed by atoms with Crippen LogP contribution in [0.15, 0.2) is 16.9 Å².